The summed E-state index contributed by atoms with van der Waals surface area (Å²) in [5.41, 5.74) is 1.46. The molecule has 0 aliphatic heterocycles. The van der Waals surface area contributed by atoms with Crippen molar-refractivity contribution in [3.05, 3.63) is 124 Å². The number of benzene rings is 4. The third kappa shape index (κ3) is 5.11. The number of nitro groups is 1. The molecule has 0 aromatic heterocycles. The first-order chi connectivity index (χ1) is 16.0. The van der Waals surface area contributed by atoms with Crippen LogP contribution >= 0.6 is 0 Å². The highest BCUT2D eigenvalue weighted by Gasteiger charge is 2.16. The highest BCUT2D eigenvalue weighted by atomic mass is 16.6. The number of nitro benzene ring substituents is 1. The molecule has 0 aliphatic rings. The first kappa shape index (κ1) is 21.5. The summed E-state index contributed by atoms with van der Waals surface area (Å²) in [4.78, 5) is 36.4. The predicted octanol–water partition coefficient (Wildman–Crippen LogP) is 5.16. The van der Waals surface area contributed by atoms with E-state index in [2.05, 4.69) is 10.6 Å². The van der Waals surface area contributed by atoms with Gasteiger partial charge in [-0.25, -0.2) is 0 Å². The van der Waals surface area contributed by atoms with E-state index in [4.69, 9.17) is 0 Å². The molecule has 162 valence electrons. The lowest BCUT2D eigenvalue weighted by atomic mass is 10.1. The van der Waals surface area contributed by atoms with E-state index in [0.29, 0.717) is 16.8 Å². The minimum absolute atomic E-state index is 0.00522. The molecule has 0 saturated heterocycles. The van der Waals surface area contributed by atoms with Crippen LogP contribution in [0.1, 0.15) is 15.9 Å². The Balaban J connectivity index is 1.67. The molecule has 0 radical (unpaired) electrons. The van der Waals surface area contributed by atoms with Crippen LogP contribution < -0.4 is 10.6 Å². The Labute approximate surface area is 189 Å². The fourth-order valence-corrected chi connectivity index (χ4v) is 3.33. The SMILES string of the molecule is O=C(Nc1cccc2ccccc12)C(=Cc1ccc([N+](=O)[O-])cc1)NC(=O)c1ccccc1. The fourth-order valence-electron chi connectivity index (χ4n) is 3.33. The van der Waals surface area contributed by atoms with Gasteiger partial charge in [-0.05, 0) is 47.4 Å². The summed E-state index contributed by atoms with van der Waals surface area (Å²) < 4.78 is 0. The van der Waals surface area contributed by atoms with Crippen molar-refractivity contribution < 1.29 is 14.5 Å². The Kier molecular flexibility index (Phi) is 6.22. The molecule has 0 atom stereocenters. The van der Waals surface area contributed by atoms with Crippen molar-refractivity contribution in [2.24, 2.45) is 0 Å². The van der Waals surface area contributed by atoms with E-state index >= 15 is 0 Å². The molecule has 33 heavy (non-hydrogen) atoms. The third-order valence-electron chi connectivity index (χ3n) is 4.98. The van der Waals surface area contributed by atoms with Gasteiger partial charge in [-0.2, -0.15) is 0 Å². The van der Waals surface area contributed by atoms with E-state index in [1.807, 2.05) is 36.4 Å². The number of fused-ring (bicyclic) bond motifs is 1. The lowest BCUT2D eigenvalue weighted by Gasteiger charge is -2.13. The second-order valence-corrected chi connectivity index (χ2v) is 7.21. The predicted molar refractivity (Wildman–Crippen MR) is 128 cm³/mol. The lowest BCUT2D eigenvalue weighted by molar-refractivity contribution is -0.384. The Hall–Kier alpha value is -4.78. The van der Waals surface area contributed by atoms with Gasteiger partial charge in [0.15, 0.2) is 0 Å². The number of hydrogen-bond acceptors (Lipinski definition) is 4. The monoisotopic (exact) mass is 437 g/mol. The third-order valence-corrected chi connectivity index (χ3v) is 4.98. The lowest BCUT2D eigenvalue weighted by Crippen LogP contribution is -2.30. The minimum atomic E-state index is -0.519. The molecule has 0 saturated carbocycles. The molecule has 0 bridgehead atoms. The molecule has 2 amide bonds. The van der Waals surface area contributed by atoms with Crippen molar-refractivity contribution in [1.82, 2.24) is 5.32 Å². The van der Waals surface area contributed by atoms with Crippen molar-refractivity contribution in [1.29, 1.82) is 0 Å². The van der Waals surface area contributed by atoms with Gasteiger partial charge in [0.25, 0.3) is 17.5 Å². The molecule has 4 aromatic carbocycles. The Morgan fingerprint density at radius 2 is 1.45 bits per heavy atom. The molecule has 7 nitrogen and oxygen atoms in total. The summed E-state index contributed by atoms with van der Waals surface area (Å²) in [6, 6.07) is 27.4. The summed E-state index contributed by atoms with van der Waals surface area (Å²) in [5.74, 6) is -0.967. The zero-order valence-corrected chi connectivity index (χ0v) is 17.4. The van der Waals surface area contributed by atoms with Gasteiger partial charge in [0.05, 0.1) is 4.92 Å². The zero-order chi connectivity index (χ0) is 23.2. The summed E-state index contributed by atoms with van der Waals surface area (Å²) in [5, 5.41) is 18.3. The maximum atomic E-state index is 13.2. The van der Waals surface area contributed by atoms with Crippen molar-refractivity contribution >= 4 is 40.0 Å². The van der Waals surface area contributed by atoms with Crippen molar-refractivity contribution in [2.75, 3.05) is 5.32 Å². The molecule has 7 heteroatoms. The van der Waals surface area contributed by atoms with Crippen LogP contribution in [0.4, 0.5) is 11.4 Å². The second kappa shape index (κ2) is 9.57. The first-order valence-electron chi connectivity index (χ1n) is 10.1. The van der Waals surface area contributed by atoms with Crippen LogP contribution in [0, 0.1) is 10.1 Å². The Morgan fingerprint density at radius 1 is 0.788 bits per heavy atom. The number of amides is 2. The van der Waals surface area contributed by atoms with E-state index in [-0.39, 0.29) is 11.4 Å². The summed E-state index contributed by atoms with van der Waals surface area (Å²) in [6.07, 6.45) is 1.48. The van der Waals surface area contributed by atoms with Gasteiger partial charge >= 0.3 is 0 Å². The largest absolute Gasteiger partial charge is 0.320 e. The van der Waals surface area contributed by atoms with Crippen molar-refractivity contribution in [3.63, 3.8) is 0 Å². The van der Waals surface area contributed by atoms with Crippen LogP contribution in [0.25, 0.3) is 16.8 Å². The molecule has 0 spiro atoms. The maximum absolute atomic E-state index is 13.2. The number of nitrogens with one attached hydrogen (secondary N) is 2. The van der Waals surface area contributed by atoms with Crippen molar-refractivity contribution in [2.45, 2.75) is 0 Å². The molecule has 0 unspecified atom stereocenters. The molecule has 0 heterocycles. The van der Waals surface area contributed by atoms with Gasteiger partial charge in [0.1, 0.15) is 5.70 Å². The molecule has 4 aromatic rings. The van der Waals surface area contributed by atoms with Crippen LogP contribution in [-0.2, 0) is 4.79 Å². The molecule has 2 N–H and O–H groups in total. The van der Waals surface area contributed by atoms with Crippen LogP contribution in [0.3, 0.4) is 0 Å². The number of nitrogens with zero attached hydrogens (tertiary/aromatic N) is 1. The summed E-state index contributed by atoms with van der Waals surface area (Å²) >= 11 is 0. The fraction of sp³-hybridized carbons (Fsp3) is 0. The minimum Gasteiger partial charge on any atom is -0.320 e. The number of anilines is 1. The van der Waals surface area contributed by atoms with Crippen LogP contribution in [0.2, 0.25) is 0 Å². The van der Waals surface area contributed by atoms with Gasteiger partial charge in [0, 0.05) is 28.8 Å². The summed E-state index contributed by atoms with van der Waals surface area (Å²) in [7, 11) is 0. The Morgan fingerprint density at radius 3 is 2.18 bits per heavy atom. The van der Waals surface area contributed by atoms with Crippen LogP contribution in [0.5, 0.6) is 0 Å². The summed E-state index contributed by atoms with van der Waals surface area (Å²) in [6.45, 7) is 0. The van der Waals surface area contributed by atoms with Gasteiger partial charge < -0.3 is 10.6 Å². The van der Waals surface area contributed by atoms with E-state index < -0.39 is 16.7 Å². The van der Waals surface area contributed by atoms with Gasteiger partial charge in [0.2, 0.25) is 0 Å². The molecule has 0 aliphatic carbocycles. The molecule has 4 rings (SSSR count). The van der Waals surface area contributed by atoms with Gasteiger partial charge in [-0.3, -0.25) is 19.7 Å². The smallest absolute Gasteiger partial charge is 0.272 e. The number of hydrogen-bond donors (Lipinski definition) is 2. The number of carbonyl (C=O) groups is 2. The van der Waals surface area contributed by atoms with Gasteiger partial charge in [-0.1, -0.05) is 54.6 Å². The number of rotatable bonds is 6. The first-order valence-corrected chi connectivity index (χ1v) is 10.1. The van der Waals surface area contributed by atoms with E-state index in [9.17, 15) is 19.7 Å². The quantitative estimate of drug-likeness (QED) is 0.247. The van der Waals surface area contributed by atoms with E-state index in [0.717, 1.165) is 10.8 Å². The van der Waals surface area contributed by atoms with Crippen molar-refractivity contribution in [3.8, 4) is 0 Å². The number of carbonyl (C=O) groups excluding carboxylic acids is 2. The van der Waals surface area contributed by atoms with Gasteiger partial charge in [-0.15, -0.1) is 0 Å². The molecule has 0 fully saturated rings. The highest BCUT2D eigenvalue weighted by Crippen LogP contribution is 2.23. The average molecular weight is 437 g/mol. The second-order valence-electron chi connectivity index (χ2n) is 7.21. The number of non-ortho nitro benzene ring substituents is 1. The van der Waals surface area contributed by atoms with E-state index in [1.165, 1.54) is 30.3 Å². The molecular formula is C26H19N3O4. The normalized spacial score (nSPS) is 11.1. The zero-order valence-electron chi connectivity index (χ0n) is 17.4. The topological polar surface area (TPSA) is 101 Å². The highest BCUT2D eigenvalue weighted by molar-refractivity contribution is 6.13. The average Bonchev–Trinajstić information content (AvgIpc) is 2.84. The van der Waals surface area contributed by atoms with Crippen LogP contribution in [-0.4, -0.2) is 16.7 Å². The standard InChI is InChI=1S/C26H19N3O4/c30-25(20-8-2-1-3-9-20)28-24(17-18-13-15-21(16-14-18)29(32)33)26(31)27-23-12-6-10-19-7-4-5-11-22(19)23/h1-17H,(H,27,31)(H,28,30). The van der Waals surface area contributed by atoms with E-state index in [1.54, 1.807) is 36.4 Å². The molecular weight excluding hydrogens is 418 g/mol. The maximum Gasteiger partial charge on any atom is 0.272 e. The van der Waals surface area contributed by atoms with Crippen LogP contribution in [0.15, 0.2) is 103 Å². The Bertz CT molecular complexity index is 1360.